The predicted octanol–water partition coefficient (Wildman–Crippen LogP) is 3.85. The number of imide groups is 1. The Balaban J connectivity index is 1.61. The monoisotopic (exact) mass is 449 g/mol. The minimum Gasteiger partial charge on any atom is -0.350 e. The number of nitro benzene ring substituents is 1. The van der Waals surface area contributed by atoms with Crippen molar-refractivity contribution in [1.82, 2.24) is 10.2 Å². The highest BCUT2D eigenvalue weighted by molar-refractivity contribution is 8.18. The highest BCUT2D eigenvalue weighted by Crippen LogP contribution is 2.32. The second kappa shape index (κ2) is 9.06. The van der Waals surface area contributed by atoms with Crippen LogP contribution in [0.3, 0.4) is 0 Å². The topological polar surface area (TPSA) is 110 Å². The largest absolute Gasteiger partial charge is 0.350 e. The summed E-state index contributed by atoms with van der Waals surface area (Å²) < 4.78 is 13.0. The molecule has 0 unspecified atom stereocenters. The number of carbonyl (C=O) groups is 3. The van der Waals surface area contributed by atoms with E-state index in [0.29, 0.717) is 5.56 Å². The molecule has 30 heavy (non-hydrogen) atoms. The molecule has 0 saturated carbocycles. The van der Waals surface area contributed by atoms with E-state index in [-0.39, 0.29) is 28.6 Å². The number of halogens is 2. The molecule has 2 aromatic carbocycles. The molecule has 1 heterocycles. The summed E-state index contributed by atoms with van der Waals surface area (Å²) in [7, 11) is 0. The lowest BCUT2D eigenvalue weighted by atomic mass is 10.2. The second-order valence-corrected chi connectivity index (χ2v) is 7.46. The van der Waals surface area contributed by atoms with E-state index in [1.807, 2.05) is 0 Å². The van der Waals surface area contributed by atoms with Crippen LogP contribution in [0.25, 0.3) is 6.08 Å². The normalized spacial score (nSPS) is 15.0. The number of thioether (sulfide) groups is 1. The Kier molecular flexibility index (Phi) is 6.48. The zero-order valence-electron chi connectivity index (χ0n) is 15.1. The molecule has 0 aromatic heterocycles. The van der Waals surface area contributed by atoms with Gasteiger partial charge in [0.1, 0.15) is 10.8 Å². The van der Waals surface area contributed by atoms with Crippen molar-refractivity contribution in [2.24, 2.45) is 0 Å². The molecule has 8 nitrogen and oxygen atoms in total. The second-order valence-electron chi connectivity index (χ2n) is 6.06. The average molecular weight is 450 g/mol. The maximum Gasteiger partial charge on any atom is 0.293 e. The summed E-state index contributed by atoms with van der Waals surface area (Å²) in [5, 5.41) is 12.8. The van der Waals surface area contributed by atoms with Gasteiger partial charge in [0, 0.05) is 24.7 Å². The van der Waals surface area contributed by atoms with Crippen molar-refractivity contribution in [3.05, 3.63) is 79.5 Å². The number of carbonyl (C=O) groups excluding carboxylic acids is 3. The summed E-state index contributed by atoms with van der Waals surface area (Å²) in [5.74, 6) is -1.55. The number of nitrogens with one attached hydrogen (secondary N) is 1. The molecule has 0 radical (unpaired) electrons. The third kappa shape index (κ3) is 4.84. The lowest BCUT2D eigenvalue weighted by Gasteiger charge is -2.13. The van der Waals surface area contributed by atoms with Crippen molar-refractivity contribution in [3.63, 3.8) is 0 Å². The molecule has 0 atom stereocenters. The van der Waals surface area contributed by atoms with Gasteiger partial charge in [-0.05, 0) is 47.7 Å². The Morgan fingerprint density at radius 3 is 2.60 bits per heavy atom. The van der Waals surface area contributed by atoms with E-state index in [1.54, 1.807) is 0 Å². The summed E-state index contributed by atoms with van der Waals surface area (Å²) in [4.78, 5) is 48.1. The minimum atomic E-state index is -0.702. The van der Waals surface area contributed by atoms with Crippen molar-refractivity contribution in [2.45, 2.75) is 0 Å². The molecule has 0 bridgehead atoms. The highest BCUT2D eigenvalue weighted by atomic mass is 35.5. The van der Waals surface area contributed by atoms with Crippen LogP contribution >= 0.6 is 23.4 Å². The fourth-order valence-electron chi connectivity index (χ4n) is 2.58. The van der Waals surface area contributed by atoms with Gasteiger partial charge in [-0.15, -0.1) is 0 Å². The third-order valence-corrected chi connectivity index (χ3v) is 5.29. The standard InChI is InChI=1S/C19H13ClFN3O5S/c20-14-6-3-12(10-15(14)24(28)29)17(25)22-7-8-23-18(26)16(30-19(23)27)9-11-1-4-13(21)5-2-11/h1-6,9-10H,7-8H2,(H,22,25). The number of nitrogens with zero attached hydrogens (tertiary/aromatic N) is 2. The number of hydrogen-bond donors (Lipinski definition) is 1. The van der Waals surface area contributed by atoms with Gasteiger partial charge in [-0.2, -0.15) is 0 Å². The Labute approximate surface area is 178 Å². The molecular formula is C19H13ClFN3O5S. The van der Waals surface area contributed by atoms with Gasteiger partial charge in [0.25, 0.3) is 22.7 Å². The van der Waals surface area contributed by atoms with Crippen LogP contribution in [0.4, 0.5) is 14.9 Å². The summed E-state index contributed by atoms with van der Waals surface area (Å²) in [5.41, 5.74) is 0.192. The van der Waals surface area contributed by atoms with Crippen LogP contribution in [0.1, 0.15) is 15.9 Å². The summed E-state index contributed by atoms with van der Waals surface area (Å²) in [6.45, 7) is -0.121. The van der Waals surface area contributed by atoms with Gasteiger partial charge in [-0.3, -0.25) is 29.4 Å². The fraction of sp³-hybridized carbons (Fsp3) is 0.105. The Morgan fingerprint density at radius 2 is 1.93 bits per heavy atom. The van der Waals surface area contributed by atoms with Gasteiger partial charge < -0.3 is 5.32 Å². The number of amides is 3. The molecular weight excluding hydrogens is 437 g/mol. The van der Waals surface area contributed by atoms with Gasteiger partial charge in [-0.1, -0.05) is 23.7 Å². The van der Waals surface area contributed by atoms with Crippen LogP contribution in [-0.2, 0) is 4.79 Å². The number of rotatable bonds is 6. The van der Waals surface area contributed by atoms with E-state index in [1.165, 1.54) is 42.5 Å². The number of nitro groups is 1. The molecule has 1 saturated heterocycles. The lowest BCUT2D eigenvalue weighted by Crippen LogP contribution is -2.37. The maximum atomic E-state index is 13.0. The Morgan fingerprint density at radius 1 is 1.23 bits per heavy atom. The molecule has 3 rings (SSSR count). The van der Waals surface area contributed by atoms with Gasteiger partial charge in [0.05, 0.1) is 9.83 Å². The van der Waals surface area contributed by atoms with E-state index in [4.69, 9.17) is 11.6 Å². The maximum absolute atomic E-state index is 13.0. The van der Waals surface area contributed by atoms with Crippen LogP contribution < -0.4 is 5.32 Å². The van der Waals surface area contributed by atoms with E-state index in [0.717, 1.165) is 22.7 Å². The van der Waals surface area contributed by atoms with Crippen LogP contribution in [0.15, 0.2) is 47.4 Å². The molecule has 1 aliphatic heterocycles. The number of hydrogen-bond acceptors (Lipinski definition) is 6. The minimum absolute atomic E-state index is 0.0245. The smallest absolute Gasteiger partial charge is 0.293 e. The van der Waals surface area contributed by atoms with Gasteiger partial charge >= 0.3 is 0 Å². The lowest BCUT2D eigenvalue weighted by molar-refractivity contribution is -0.384. The van der Waals surface area contributed by atoms with Crippen LogP contribution in [0.2, 0.25) is 5.02 Å². The molecule has 11 heteroatoms. The molecule has 1 N–H and O–H groups in total. The average Bonchev–Trinajstić information content (AvgIpc) is 2.97. The van der Waals surface area contributed by atoms with Crippen molar-refractivity contribution >= 4 is 52.2 Å². The Hall–Kier alpha value is -3.24. The fourth-order valence-corrected chi connectivity index (χ4v) is 3.63. The summed E-state index contributed by atoms with van der Waals surface area (Å²) >= 11 is 6.46. The van der Waals surface area contributed by atoms with Gasteiger partial charge in [0.2, 0.25) is 0 Å². The number of benzene rings is 2. The van der Waals surface area contributed by atoms with E-state index < -0.39 is 33.5 Å². The van der Waals surface area contributed by atoms with Crippen molar-refractivity contribution in [1.29, 1.82) is 0 Å². The van der Waals surface area contributed by atoms with Crippen LogP contribution in [0.5, 0.6) is 0 Å². The molecule has 1 aliphatic rings. The van der Waals surface area contributed by atoms with Gasteiger partial charge in [0.15, 0.2) is 0 Å². The molecule has 0 spiro atoms. The molecule has 0 aliphatic carbocycles. The molecule has 2 aromatic rings. The predicted molar refractivity (Wildman–Crippen MR) is 110 cm³/mol. The quantitative estimate of drug-likeness (QED) is 0.407. The summed E-state index contributed by atoms with van der Waals surface area (Å²) in [6.07, 6.45) is 1.48. The van der Waals surface area contributed by atoms with E-state index in [2.05, 4.69) is 5.32 Å². The third-order valence-electron chi connectivity index (χ3n) is 4.07. The molecule has 1 fully saturated rings. The first-order valence-electron chi connectivity index (χ1n) is 8.49. The first kappa shape index (κ1) is 21.5. The molecule has 154 valence electrons. The van der Waals surface area contributed by atoms with Crippen molar-refractivity contribution in [2.75, 3.05) is 13.1 Å². The Bertz CT molecular complexity index is 1070. The first-order chi connectivity index (χ1) is 14.3. The zero-order chi connectivity index (χ0) is 21.8. The van der Waals surface area contributed by atoms with Crippen LogP contribution in [-0.4, -0.2) is 40.0 Å². The van der Waals surface area contributed by atoms with Crippen molar-refractivity contribution in [3.8, 4) is 0 Å². The van der Waals surface area contributed by atoms with E-state index >= 15 is 0 Å². The zero-order valence-corrected chi connectivity index (χ0v) is 16.7. The summed E-state index contributed by atoms with van der Waals surface area (Å²) in [6, 6.07) is 9.06. The highest BCUT2D eigenvalue weighted by Gasteiger charge is 2.34. The molecule has 3 amide bonds. The van der Waals surface area contributed by atoms with Crippen molar-refractivity contribution < 1.29 is 23.7 Å². The van der Waals surface area contributed by atoms with Crippen LogP contribution in [0, 0.1) is 15.9 Å². The SMILES string of the molecule is O=C(NCCN1C(=O)SC(=Cc2ccc(F)cc2)C1=O)c1ccc(Cl)c([N+](=O)[O-])c1. The van der Waals surface area contributed by atoms with Gasteiger partial charge in [-0.25, -0.2) is 4.39 Å². The first-order valence-corrected chi connectivity index (χ1v) is 9.69. The van der Waals surface area contributed by atoms with E-state index in [9.17, 15) is 28.9 Å².